The van der Waals surface area contributed by atoms with Gasteiger partial charge in [0, 0.05) is 16.2 Å². The Morgan fingerprint density at radius 1 is 1.29 bits per heavy atom. The van der Waals surface area contributed by atoms with Gasteiger partial charge in [0.05, 0.1) is 5.69 Å². The van der Waals surface area contributed by atoms with Crippen molar-refractivity contribution in [3.8, 4) is 0 Å². The third-order valence-electron chi connectivity index (χ3n) is 3.57. The average molecular weight is 248 g/mol. The van der Waals surface area contributed by atoms with Crippen molar-refractivity contribution in [2.24, 2.45) is 5.92 Å². The molecule has 2 nitrogen and oxygen atoms in total. The molecule has 1 aromatic rings. The number of hydrogen-bond acceptors (Lipinski definition) is 1. The van der Waals surface area contributed by atoms with Crippen LogP contribution in [0.15, 0.2) is 24.3 Å². The van der Waals surface area contributed by atoms with Crippen LogP contribution >= 0.6 is 11.6 Å². The summed E-state index contributed by atoms with van der Waals surface area (Å²) in [6.45, 7) is 0. The zero-order valence-corrected chi connectivity index (χ0v) is 10.3. The van der Waals surface area contributed by atoms with E-state index in [9.17, 15) is 4.79 Å². The molecule has 1 aliphatic carbocycles. The first-order valence-corrected chi connectivity index (χ1v) is 6.45. The summed E-state index contributed by atoms with van der Waals surface area (Å²) < 4.78 is 0. The van der Waals surface area contributed by atoms with Gasteiger partial charge in [-0.25, -0.2) is 0 Å². The minimum Gasteiger partial charge on any atom is -0.321 e. The molecule has 1 amide bonds. The Balaban J connectivity index is 1.98. The average Bonchev–Trinajstić information content (AvgIpc) is 2.88. The molecule has 3 rings (SSSR count). The number of carbonyl (C=O) groups is 1. The number of nitrogens with one attached hydrogen (secondary N) is 1. The van der Waals surface area contributed by atoms with Crippen molar-refractivity contribution in [1.82, 2.24) is 0 Å². The van der Waals surface area contributed by atoms with Crippen LogP contribution in [-0.4, -0.2) is 5.91 Å². The van der Waals surface area contributed by atoms with Crippen molar-refractivity contribution in [2.75, 3.05) is 5.32 Å². The molecule has 0 unspecified atom stereocenters. The Morgan fingerprint density at radius 3 is 2.82 bits per heavy atom. The van der Waals surface area contributed by atoms with Crippen molar-refractivity contribution in [1.29, 1.82) is 0 Å². The molecular formula is C14H14ClNO. The zero-order valence-electron chi connectivity index (χ0n) is 9.50. The van der Waals surface area contributed by atoms with E-state index in [1.54, 1.807) is 0 Å². The maximum Gasteiger partial charge on any atom is 0.256 e. The summed E-state index contributed by atoms with van der Waals surface area (Å²) in [5, 5.41) is 3.53. The Kier molecular flexibility index (Phi) is 2.67. The molecule has 1 aliphatic heterocycles. The van der Waals surface area contributed by atoms with Crippen molar-refractivity contribution < 1.29 is 4.79 Å². The summed E-state index contributed by atoms with van der Waals surface area (Å²) in [4.78, 5) is 11.9. The SMILES string of the molecule is O=C1Nc2cc(Cl)ccc2/C1=C\C1CCCC1. The molecule has 0 bridgehead atoms. The van der Waals surface area contributed by atoms with Crippen LogP contribution in [-0.2, 0) is 4.79 Å². The van der Waals surface area contributed by atoms with Gasteiger partial charge in [-0.3, -0.25) is 4.79 Å². The summed E-state index contributed by atoms with van der Waals surface area (Å²) in [6, 6.07) is 5.57. The number of rotatable bonds is 1. The fourth-order valence-corrected chi connectivity index (χ4v) is 2.86. The van der Waals surface area contributed by atoms with E-state index in [-0.39, 0.29) is 5.91 Å². The second kappa shape index (κ2) is 4.19. The second-order valence-electron chi connectivity index (χ2n) is 4.77. The molecule has 88 valence electrons. The quantitative estimate of drug-likeness (QED) is 0.750. The highest BCUT2D eigenvalue weighted by molar-refractivity contribution is 6.34. The summed E-state index contributed by atoms with van der Waals surface area (Å²) in [5.41, 5.74) is 2.65. The number of anilines is 1. The number of allylic oxidation sites excluding steroid dienone is 1. The molecule has 1 heterocycles. The Labute approximate surface area is 106 Å². The van der Waals surface area contributed by atoms with Gasteiger partial charge in [0.15, 0.2) is 0 Å². The monoisotopic (exact) mass is 247 g/mol. The van der Waals surface area contributed by atoms with Gasteiger partial charge in [-0.2, -0.15) is 0 Å². The second-order valence-corrected chi connectivity index (χ2v) is 5.21. The molecule has 1 aromatic carbocycles. The highest BCUT2D eigenvalue weighted by atomic mass is 35.5. The van der Waals surface area contributed by atoms with E-state index >= 15 is 0 Å². The standard InChI is InChI=1S/C14H14ClNO/c15-10-5-6-11-12(7-9-3-1-2-4-9)14(17)16-13(11)8-10/h5-9H,1-4H2,(H,16,17)/b12-7+. The van der Waals surface area contributed by atoms with Gasteiger partial charge in [-0.05, 0) is 30.9 Å². The number of amides is 1. The minimum atomic E-state index is 0.00849. The van der Waals surface area contributed by atoms with Crippen LogP contribution in [0.25, 0.3) is 5.57 Å². The Morgan fingerprint density at radius 2 is 2.06 bits per heavy atom. The lowest BCUT2D eigenvalue weighted by molar-refractivity contribution is -0.110. The van der Waals surface area contributed by atoms with Crippen molar-refractivity contribution in [2.45, 2.75) is 25.7 Å². The van der Waals surface area contributed by atoms with Gasteiger partial charge in [0.2, 0.25) is 0 Å². The Hall–Kier alpha value is -1.28. The number of fused-ring (bicyclic) bond motifs is 1. The number of halogens is 1. The first-order chi connectivity index (χ1) is 8.24. The lowest BCUT2D eigenvalue weighted by Crippen LogP contribution is -2.05. The van der Waals surface area contributed by atoms with Crippen molar-refractivity contribution in [3.63, 3.8) is 0 Å². The van der Waals surface area contributed by atoms with E-state index in [4.69, 9.17) is 11.6 Å². The summed E-state index contributed by atoms with van der Waals surface area (Å²) in [6.07, 6.45) is 7.12. The topological polar surface area (TPSA) is 29.1 Å². The molecular weight excluding hydrogens is 234 g/mol. The minimum absolute atomic E-state index is 0.00849. The maximum atomic E-state index is 11.9. The van der Waals surface area contributed by atoms with Gasteiger partial charge >= 0.3 is 0 Å². The highest BCUT2D eigenvalue weighted by Crippen LogP contribution is 2.36. The van der Waals surface area contributed by atoms with Crippen LogP contribution in [0.2, 0.25) is 5.02 Å². The molecule has 17 heavy (non-hydrogen) atoms. The van der Waals surface area contributed by atoms with Gasteiger partial charge in [0.25, 0.3) is 5.91 Å². The Bertz CT molecular complexity index is 501. The lowest BCUT2D eigenvalue weighted by atomic mass is 10.00. The van der Waals surface area contributed by atoms with E-state index in [0.717, 1.165) is 16.8 Å². The van der Waals surface area contributed by atoms with Gasteiger partial charge < -0.3 is 5.32 Å². The molecule has 2 aliphatic rings. The van der Waals surface area contributed by atoms with Crippen LogP contribution in [0.1, 0.15) is 31.2 Å². The molecule has 0 radical (unpaired) electrons. The fraction of sp³-hybridized carbons (Fsp3) is 0.357. The van der Waals surface area contributed by atoms with Crippen LogP contribution in [0, 0.1) is 5.92 Å². The highest BCUT2D eigenvalue weighted by Gasteiger charge is 2.25. The summed E-state index contributed by atoms with van der Waals surface area (Å²) in [7, 11) is 0. The van der Waals surface area contributed by atoms with Crippen LogP contribution in [0.5, 0.6) is 0 Å². The van der Waals surface area contributed by atoms with Crippen LogP contribution < -0.4 is 5.32 Å². The molecule has 1 saturated carbocycles. The van der Waals surface area contributed by atoms with E-state index in [1.807, 2.05) is 18.2 Å². The fourth-order valence-electron chi connectivity index (χ4n) is 2.69. The predicted octanol–water partition coefficient (Wildman–Crippen LogP) is 3.87. The molecule has 3 heteroatoms. The molecule has 0 saturated heterocycles. The third kappa shape index (κ3) is 1.98. The van der Waals surface area contributed by atoms with Crippen molar-refractivity contribution in [3.05, 3.63) is 34.9 Å². The van der Waals surface area contributed by atoms with Gasteiger partial charge in [0.1, 0.15) is 0 Å². The molecule has 0 atom stereocenters. The largest absolute Gasteiger partial charge is 0.321 e. The molecule has 1 N–H and O–H groups in total. The molecule has 1 fully saturated rings. The maximum absolute atomic E-state index is 11.9. The van der Waals surface area contributed by atoms with Crippen molar-refractivity contribution >= 4 is 28.8 Å². The predicted molar refractivity (Wildman–Crippen MR) is 70.0 cm³/mol. The lowest BCUT2D eigenvalue weighted by Gasteiger charge is -2.03. The van der Waals surface area contributed by atoms with E-state index in [2.05, 4.69) is 11.4 Å². The molecule has 0 aromatic heterocycles. The van der Waals surface area contributed by atoms with E-state index < -0.39 is 0 Å². The summed E-state index contributed by atoms with van der Waals surface area (Å²) in [5.74, 6) is 0.576. The number of benzene rings is 1. The van der Waals surface area contributed by atoms with Crippen LogP contribution in [0.3, 0.4) is 0 Å². The summed E-state index contributed by atoms with van der Waals surface area (Å²) >= 11 is 5.92. The number of carbonyl (C=O) groups excluding carboxylic acids is 1. The van der Waals surface area contributed by atoms with E-state index in [1.165, 1.54) is 25.7 Å². The first kappa shape index (κ1) is 10.8. The first-order valence-electron chi connectivity index (χ1n) is 6.07. The normalized spacial score (nSPS) is 21.9. The van der Waals surface area contributed by atoms with Crippen LogP contribution in [0.4, 0.5) is 5.69 Å². The van der Waals surface area contributed by atoms with Gasteiger partial charge in [-0.15, -0.1) is 0 Å². The van der Waals surface area contributed by atoms with E-state index in [0.29, 0.717) is 10.9 Å². The number of hydrogen-bond donors (Lipinski definition) is 1. The third-order valence-corrected chi connectivity index (χ3v) is 3.80. The zero-order chi connectivity index (χ0) is 11.8. The van der Waals surface area contributed by atoms with Gasteiger partial charge in [-0.1, -0.05) is 36.6 Å². The smallest absolute Gasteiger partial charge is 0.256 e. The molecule has 0 spiro atoms.